The number of aliphatic carboxylic acids is 1. The van der Waals surface area contributed by atoms with Crippen LogP contribution >= 0.6 is 11.8 Å². The summed E-state index contributed by atoms with van der Waals surface area (Å²) < 4.78 is 13.4. The summed E-state index contributed by atoms with van der Waals surface area (Å²) in [6.07, 6.45) is 0. The van der Waals surface area contributed by atoms with Crippen molar-refractivity contribution in [3.05, 3.63) is 53.8 Å². The quantitative estimate of drug-likeness (QED) is 0.797. The average molecular weight is 373 g/mol. The van der Waals surface area contributed by atoms with Gasteiger partial charge in [0.05, 0.1) is 0 Å². The lowest BCUT2D eigenvalue weighted by Gasteiger charge is -2.21. The first kappa shape index (κ1) is 17.8. The van der Waals surface area contributed by atoms with E-state index in [9.17, 15) is 23.6 Å². The number of halogens is 1. The second-order valence-electron chi connectivity index (χ2n) is 5.55. The van der Waals surface area contributed by atoms with Crippen molar-refractivity contribution in [3.8, 4) is 11.1 Å². The number of fused-ring (bicyclic) bond motifs is 1. The fraction of sp³-hybridized carbons (Fsp3) is 0.111. The van der Waals surface area contributed by atoms with E-state index < -0.39 is 41.1 Å². The topological polar surface area (TPSA) is 101 Å². The highest BCUT2D eigenvalue weighted by Gasteiger charge is 2.40. The molecule has 1 aliphatic rings. The number of hydrogen-bond donors (Lipinski definition) is 2. The second-order valence-corrected chi connectivity index (χ2v) is 6.60. The predicted octanol–water partition coefficient (Wildman–Crippen LogP) is 2.12. The first-order chi connectivity index (χ1) is 12.4. The number of carboxylic acids is 1. The second kappa shape index (κ2) is 7.09. The summed E-state index contributed by atoms with van der Waals surface area (Å²) in [5.74, 6) is -4.96. The Morgan fingerprint density at radius 3 is 2.54 bits per heavy atom. The van der Waals surface area contributed by atoms with Gasteiger partial charge in [0, 0.05) is 10.5 Å². The molecule has 0 aliphatic carbocycles. The first-order valence-corrected chi connectivity index (χ1v) is 8.34. The molecule has 2 aromatic rings. The molecule has 6 nitrogen and oxygen atoms in total. The van der Waals surface area contributed by atoms with Crippen LogP contribution in [0.4, 0.5) is 4.39 Å². The number of amides is 1. The molecule has 132 valence electrons. The Morgan fingerprint density at radius 2 is 1.85 bits per heavy atom. The zero-order chi connectivity index (χ0) is 18.8. The van der Waals surface area contributed by atoms with Crippen LogP contribution in [0.3, 0.4) is 0 Å². The van der Waals surface area contributed by atoms with Gasteiger partial charge in [-0.3, -0.25) is 19.2 Å². The van der Waals surface area contributed by atoms with Crippen molar-refractivity contribution in [1.29, 1.82) is 0 Å². The Labute approximate surface area is 151 Å². The molecule has 0 radical (unpaired) electrons. The smallest absolute Gasteiger partial charge is 0.322 e. The molecule has 8 heteroatoms. The summed E-state index contributed by atoms with van der Waals surface area (Å²) in [5, 5.41) is 10.0. The molecule has 26 heavy (non-hydrogen) atoms. The zero-order valence-electron chi connectivity index (χ0n) is 13.2. The van der Waals surface area contributed by atoms with Crippen LogP contribution in [0.5, 0.6) is 0 Å². The van der Waals surface area contributed by atoms with Crippen LogP contribution in [0.2, 0.25) is 0 Å². The number of carboxylic acid groups (broad SMARTS) is 1. The van der Waals surface area contributed by atoms with Crippen LogP contribution in [0.25, 0.3) is 11.1 Å². The van der Waals surface area contributed by atoms with Crippen molar-refractivity contribution in [3.63, 3.8) is 0 Å². The van der Waals surface area contributed by atoms with Gasteiger partial charge in [0.15, 0.2) is 11.7 Å². The van der Waals surface area contributed by atoms with Gasteiger partial charge in [-0.2, -0.15) is 0 Å². The summed E-state index contributed by atoms with van der Waals surface area (Å²) in [6, 6.07) is 10.5. The summed E-state index contributed by atoms with van der Waals surface area (Å²) in [5.41, 5.74) is 1.29. The molecule has 1 unspecified atom stereocenters. The van der Waals surface area contributed by atoms with E-state index in [1.807, 2.05) is 0 Å². The Kier molecular flexibility index (Phi) is 4.85. The summed E-state index contributed by atoms with van der Waals surface area (Å²) in [4.78, 5) is 47.8. The molecule has 0 aromatic heterocycles. The van der Waals surface area contributed by atoms with Crippen molar-refractivity contribution in [2.75, 3.05) is 6.54 Å². The molecule has 1 amide bonds. The van der Waals surface area contributed by atoms with Gasteiger partial charge in [0.25, 0.3) is 0 Å². The highest BCUT2D eigenvalue weighted by molar-refractivity contribution is 8.14. The van der Waals surface area contributed by atoms with Gasteiger partial charge in [-0.05, 0) is 47.2 Å². The van der Waals surface area contributed by atoms with Crippen LogP contribution in [0, 0.1) is 11.7 Å². The minimum absolute atomic E-state index is 0.173. The highest BCUT2D eigenvalue weighted by Crippen LogP contribution is 2.36. The van der Waals surface area contributed by atoms with Crippen LogP contribution in [-0.2, 0) is 14.4 Å². The lowest BCUT2D eigenvalue weighted by Crippen LogP contribution is -2.42. The van der Waals surface area contributed by atoms with E-state index in [1.54, 1.807) is 18.2 Å². The number of benzene rings is 2. The van der Waals surface area contributed by atoms with Crippen molar-refractivity contribution < 1.29 is 28.7 Å². The molecule has 1 aliphatic heterocycles. The van der Waals surface area contributed by atoms with Crippen molar-refractivity contribution >= 4 is 34.5 Å². The molecule has 0 saturated heterocycles. The van der Waals surface area contributed by atoms with E-state index in [0.717, 1.165) is 11.8 Å². The number of carbonyl (C=O) groups is 4. The third kappa shape index (κ3) is 3.50. The maximum Gasteiger partial charge on any atom is 0.322 e. The summed E-state index contributed by atoms with van der Waals surface area (Å²) in [7, 11) is 0. The van der Waals surface area contributed by atoms with Gasteiger partial charge >= 0.3 is 5.97 Å². The van der Waals surface area contributed by atoms with Gasteiger partial charge in [-0.25, -0.2) is 4.39 Å². The zero-order valence-corrected chi connectivity index (χ0v) is 14.0. The minimum atomic E-state index is -1.60. The number of carbonyl (C=O) groups excluding carboxylic acids is 3. The Bertz CT molecular complexity index is 943. The van der Waals surface area contributed by atoms with Gasteiger partial charge in [0.2, 0.25) is 11.0 Å². The van der Waals surface area contributed by atoms with E-state index in [2.05, 4.69) is 5.32 Å². The molecule has 2 N–H and O–H groups in total. The van der Waals surface area contributed by atoms with Crippen molar-refractivity contribution in [2.45, 2.75) is 4.90 Å². The van der Waals surface area contributed by atoms with E-state index in [1.165, 1.54) is 24.3 Å². The molecule has 0 fully saturated rings. The van der Waals surface area contributed by atoms with Crippen molar-refractivity contribution in [2.24, 2.45) is 5.92 Å². The number of thioether (sulfide) groups is 1. The molecular weight excluding hydrogens is 361 g/mol. The SMILES string of the molecule is O=C(O)CNC(=O)C1C(=O)Sc2ccc(-c3cccc(F)c3)cc2C1=O. The Morgan fingerprint density at radius 1 is 1.12 bits per heavy atom. The molecule has 1 atom stereocenters. The molecule has 2 aromatic carbocycles. The number of ketones is 1. The minimum Gasteiger partial charge on any atom is -0.480 e. The lowest BCUT2D eigenvalue weighted by molar-refractivity contribution is -0.139. The lowest BCUT2D eigenvalue weighted by atomic mass is 9.94. The monoisotopic (exact) mass is 373 g/mol. The fourth-order valence-electron chi connectivity index (χ4n) is 2.58. The van der Waals surface area contributed by atoms with Crippen LogP contribution < -0.4 is 5.32 Å². The van der Waals surface area contributed by atoms with Crippen LogP contribution in [0.15, 0.2) is 47.4 Å². The van der Waals surface area contributed by atoms with E-state index >= 15 is 0 Å². The van der Waals surface area contributed by atoms with Gasteiger partial charge in [0.1, 0.15) is 12.4 Å². The first-order valence-electron chi connectivity index (χ1n) is 7.52. The van der Waals surface area contributed by atoms with E-state index in [0.29, 0.717) is 16.0 Å². The fourth-order valence-corrected chi connectivity index (χ4v) is 3.53. The van der Waals surface area contributed by atoms with Gasteiger partial charge < -0.3 is 10.4 Å². The summed E-state index contributed by atoms with van der Waals surface area (Å²) in [6.45, 7) is -0.684. The molecule has 0 spiro atoms. The third-order valence-electron chi connectivity index (χ3n) is 3.79. The Hall–Kier alpha value is -3.00. The third-order valence-corrected chi connectivity index (χ3v) is 4.80. The van der Waals surface area contributed by atoms with E-state index in [4.69, 9.17) is 5.11 Å². The maximum absolute atomic E-state index is 13.4. The number of hydrogen-bond acceptors (Lipinski definition) is 5. The number of rotatable bonds is 4. The maximum atomic E-state index is 13.4. The standard InChI is InChI=1S/C18H12FNO5S/c19-11-3-1-2-9(6-11)10-4-5-13-12(7-10)16(23)15(18(25)26-13)17(24)20-8-14(21)22/h1-7,15H,8H2,(H,20,24)(H,21,22). The van der Waals surface area contributed by atoms with Crippen LogP contribution in [-0.4, -0.2) is 34.4 Å². The number of nitrogens with one attached hydrogen (secondary N) is 1. The molecule has 3 rings (SSSR count). The largest absolute Gasteiger partial charge is 0.480 e. The van der Waals surface area contributed by atoms with Gasteiger partial charge in [-0.15, -0.1) is 0 Å². The normalized spacial score (nSPS) is 16.1. The summed E-state index contributed by atoms with van der Waals surface area (Å²) >= 11 is 0.751. The van der Waals surface area contributed by atoms with Gasteiger partial charge in [-0.1, -0.05) is 18.2 Å². The predicted molar refractivity (Wildman–Crippen MR) is 91.2 cm³/mol. The molecule has 0 bridgehead atoms. The Balaban J connectivity index is 1.94. The molecule has 1 heterocycles. The molecular formula is C18H12FNO5S. The molecule has 0 saturated carbocycles. The van der Waals surface area contributed by atoms with Crippen LogP contribution in [0.1, 0.15) is 10.4 Å². The van der Waals surface area contributed by atoms with Crippen molar-refractivity contribution in [1.82, 2.24) is 5.32 Å². The highest BCUT2D eigenvalue weighted by atomic mass is 32.2. The average Bonchev–Trinajstić information content (AvgIpc) is 2.59. The number of Topliss-reactive ketones (excluding diaryl/α,β-unsaturated/α-hetero) is 1. The van der Waals surface area contributed by atoms with E-state index in [-0.39, 0.29) is 5.56 Å².